The van der Waals surface area contributed by atoms with Crippen molar-refractivity contribution in [1.82, 2.24) is 4.98 Å². The molecule has 1 heterocycles. The maximum absolute atomic E-state index is 12.0. The van der Waals surface area contributed by atoms with Gasteiger partial charge < -0.3 is 10.1 Å². The zero-order valence-electron chi connectivity index (χ0n) is 13.2. The number of ketones is 1. The summed E-state index contributed by atoms with van der Waals surface area (Å²) in [6.45, 7) is 1.38. The number of nitrogens with zero attached hydrogens (tertiary/aromatic N) is 1. The molecule has 3 rings (SSSR count). The average Bonchev–Trinajstić information content (AvgIpc) is 2.60. The molecule has 0 unspecified atom stereocenters. The zero-order valence-corrected chi connectivity index (χ0v) is 13.2. The van der Waals surface area contributed by atoms with Crippen LogP contribution in [-0.4, -0.2) is 23.3 Å². The number of benzene rings is 2. The average molecular weight is 320 g/mol. The molecule has 1 amide bonds. The van der Waals surface area contributed by atoms with Gasteiger partial charge in [0.15, 0.2) is 12.4 Å². The molecule has 0 radical (unpaired) electrons. The molecule has 0 aliphatic carbocycles. The van der Waals surface area contributed by atoms with Crippen LogP contribution in [0.5, 0.6) is 5.75 Å². The van der Waals surface area contributed by atoms with Crippen molar-refractivity contribution in [1.29, 1.82) is 0 Å². The van der Waals surface area contributed by atoms with Crippen LogP contribution in [0.1, 0.15) is 17.3 Å². The molecule has 3 aromatic rings. The van der Waals surface area contributed by atoms with Gasteiger partial charge in [0.1, 0.15) is 11.3 Å². The number of nitrogens with one attached hydrogen (secondary N) is 1. The predicted molar refractivity (Wildman–Crippen MR) is 92.3 cm³/mol. The second-order valence-corrected chi connectivity index (χ2v) is 5.30. The number of hydrogen-bond acceptors (Lipinski definition) is 4. The number of carbonyl (C=O) groups excluding carboxylic acids is 2. The highest BCUT2D eigenvalue weighted by atomic mass is 16.5. The van der Waals surface area contributed by atoms with Crippen LogP contribution in [0.15, 0.2) is 60.8 Å². The van der Waals surface area contributed by atoms with Crippen LogP contribution in [0.3, 0.4) is 0 Å². The van der Waals surface area contributed by atoms with Gasteiger partial charge in [0.2, 0.25) is 0 Å². The van der Waals surface area contributed by atoms with Crippen LogP contribution >= 0.6 is 0 Å². The van der Waals surface area contributed by atoms with Gasteiger partial charge in [-0.2, -0.15) is 0 Å². The number of ether oxygens (including phenoxy) is 1. The topological polar surface area (TPSA) is 68.3 Å². The smallest absolute Gasteiger partial charge is 0.262 e. The Hall–Kier alpha value is -3.21. The van der Waals surface area contributed by atoms with Gasteiger partial charge in [-0.3, -0.25) is 14.6 Å². The van der Waals surface area contributed by atoms with Gasteiger partial charge >= 0.3 is 0 Å². The van der Waals surface area contributed by atoms with Crippen molar-refractivity contribution in [2.75, 3.05) is 11.9 Å². The summed E-state index contributed by atoms with van der Waals surface area (Å²) < 4.78 is 5.59. The van der Waals surface area contributed by atoms with Crippen LogP contribution in [0.4, 0.5) is 5.69 Å². The molecule has 0 saturated carbocycles. The minimum absolute atomic E-state index is 0.0142. The second-order valence-electron chi connectivity index (χ2n) is 5.30. The van der Waals surface area contributed by atoms with Crippen molar-refractivity contribution >= 4 is 28.3 Å². The molecule has 0 atom stereocenters. The van der Waals surface area contributed by atoms with Crippen LogP contribution < -0.4 is 10.1 Å². The maximum atomic E-state index is 12.0. The first-order chi connectivity index (χ1) is 11.6. The molecular formula is C19H16N2O3. The van der Waals surface area contributed by atoms with E-state index in [1.807, 2.05) is 24.3 Å². The number of hydrogen-bond donors (Lipinski definition) is 1. The van der Waals surface area contributed by atoms with Crippen molar-refractivity contribution in [3.05, 3.63) is 66.4 Å². The largest absolute Gasteiger partial charge is 0.481 e. The van der Waals surface area contributed by atoms with E-state index in [4.69, 9.17) is 4.74 Å². The lowest BCUT2D eigenvalue weighted by molar-refractivity contribution is -0.118. The third kappa shape index (κ3) is 3.57. The fourth-order valence-corrected chi connectivity index (χ4v) is 2.32. The van der Waals surface area contributed by atoms with Crippen LogP contribution in [-0.2, 0) is 4.79 Å². The highest BCUT2D eigenvalue weighted by molar-refractivity contribution is 5.96. The summed E-state index contributed by atoms with van der Waals surface area (Å²) in [4.78, 5) is 27.5. The molecule has 1 aromatic heterocycles. The summed E-state index contributed by atoms with van der Waals surface area (Å²) in [5.74, 6) is 0.272. The van der Waals surface area contributed by atoms with Crippen LogP contribution in [0, 0.1) is 0 Å². The van der Waals surface area contributed by atoms with Crippen molar-refractivity contribution in [3.8, 4) is 5.75 Å². The number of Topliss-reactive ketones (excluding diaryl/α,β-unsaturated/α-hetero) is 1. The first kappa shape index (κ1) is 15.7. The first-order valence-corrected chi connectivity index (χ1v) is 7.51. The lowest BCUT2D eigenvalue weighted by atomic mass is 10.1. The molecule has 0 aliphatic rings. The number of fused-ring (bicyclic) bond motifs is 1. The van der Waals surface area contributed by atoms with E-state index in [1.165, 1.54) is 6.92 Å². The van der Waals surface area contributed by atoms with Gasteiger partial charge in [-0.1, -0.05) is 18.2 Å². The molecule has 2 aromatic carbocycles. The Labute approximate surface area is 139 Å². The number of amides is 1. The summed E-state index contributed by atoms with van der Waals surface area (Å²) in [5, 5.41) is 3.68. The molecule has 0 saturated heterocycles. The van der Waals surface area contributed by atoms with E-state index in [9.17, 15) is 9.59 Å². The molecular weight excluding hydrogens is 304 g/mol. The summed E-state index contributed by atoms with van der Waals surface area (Å²) in [6, 6.07) is 16.1. The van der Waals surface area contributed by atoms with E-state index in [2.05, 4.69) is 10.3 Å². The first-order valence-electron chi connectivity index (χ1n) is 7.51. The second kappa shape index (κ2) is 6.91. The Morgan fingerprint density at radius 3 is 2.54 bits per heavy atom. The maximum Gasteiger partial charge on any atom is 0.262 e. The van der Waals surface area contributed by atoms with Crippen molar-refractivity contribution in [2.24, 2.45) is 0 Å². The Bertz CT molecular complexity index is 883. The molecule has 1 N–H and O–H groups in total. The molecule has 120 valence electrons. The molecule has 5 nitrogen and oxygen atoms in total. The van der Waals surface area contributed by atoms with E-state index in [-0.39, 0.29) is 18.3 Å². The Balaban J connectivity index is 1.64. The number of pyridine rings is 1. The highest BCUT2D eigenvalue weighted by Gasteiger charge is 2.07. The predicted octanol–water partition coefficient (Wildman–Crippen LogP) is 3.45. The molecule has 24 heavy (non-hydrogen) atoms. The number of rotatable bonds is 5. The Morgan fingerprint density at radius 2 is 1.79 bits per heavy atom. The number of anilines is 1. The summed E-state index contributed by atoms with van der Waals surface area (Å²) in [7, 11) is 0. The molecule has 0 fully saturated rings. The number of carbonyl (C=O) groups is 2. The van der Waals surface area contributed by atoms with Gasteiger partial charge in [-0.05, 0) is 43.3 Å². The molecule has 0 spiro atoms. The van der Waals surface area contributed by atoms with E-state index in [0.717, 1.165) is 10.9 Å². The van der Waals surface area contributed by atoms with E-state index >= 15 is 0 Å². The number of para-hydroxylation sites is 1. The van der Waals surface area contributed by atoms with Crippen LogP contribution in [0.2, 0.25) is 0 Å². The summed E-state index contributed by atoms with van der Waals surface area (Å²) in [5.41, 5.74) is 1.94. The molecule has 0 aliphatic heterocycles. The van der Waals surface area contributed by atoms with Gasteiger partial charge in [0.05, 0.1) is 0 Å². The van der Waals surface area contributed by atoms with Crippen LogP contribution in [0.25, 0.3) is 10.9 Å². The van der Waals surface area contributed by atoms with E-state index in [0.29, 0.717) is 17.0 Å². The van der Waals surface area contributed by atoms with E-state index in [1.54, 1.807) is 36.5 Å². The van der Waals surface area contributed by atoms with Gasteiger partial charge in [-0.25, -0.2) is 0 Å². The summed E-state index contributed by atoms with van der Waals surface area (Å²) in [6.07, 6.45) is 1.69. The minimum atomic E-state index is -0.279. The quantitative estimate of drug-likeness (QED) is 0.731. The fraction of sp³-hybridized carbons (Fsp3) is 0.105. The summed E-state index contributed by atoms with van der Waals surface area (Å²) >= 11 is 0. The third-order valence-corrected chi connectivity index (χ3v) is 3.53. The lowest BCUT2D eigenvalue weighted by Crippen LogP contribution is -2.20. The minimum Gasteiger partial charge on any atom is -0.481 e. The zero-order chi connectivity index (χ0) is 16.9. The van der Waals surface area contributed by atoms with Gasteiger partial charge in [0, 0.05) is 22.8 Å². The Kier molecular flexibility index (Phi) is 4.52. The SMILES string of the molecule is CC(=O)c1ccc(NC(=O)COc2cccc3cccnc23)cc1. The lowest BCUT2D eigenvalue weighted by Gasteiger charge is -2.09. The van der Waals surface area contributed by atoms with Gasteiger partial charge in [0.25, 0.3) is 5.91 Å². The third-order valence-electron chi connectivity index (χ3n) is 3.53. The van der Waals surface area contributed by atoms with E-state index < -0.39 is 0 Å². The Morgan fingerprint density at radius 1 is 1.04 bits per heavy atom. The van der Waals surface area contributed by atoms with Crippen molar-refractivity contribution < 1.29 is 14.3 Å². The fourth-order valence-electron chi connectivity index (χ4n) is 2.32. The van der Waals surface area contributed by atoms with Crippen molar-refractivity contribution in [3.63, 3.8) is 0 Å². The molecule has 5 heteroatoms. The molecule has 0 bridgehead atoms. The van der Waals surface area contributed by atoms with Crippen molar-refractivity contribution in [2.45, 2.75) is 6.92 Å². The highest BCUT2D eigenvalue weighted by Crippen LogP contribution is 2.22. The standard InChI is InChI=1S/C19H16N2O3/c1-13(22)14-7-9-16(10-8-14)21-18(23)12-24-17-6-2-4-15-5-3-11-20-19(15)17/h2-11H,12H2,1H3,(H,21,23). The number of aromatic nitrogens is 1. The normalized spacial score (nSPS) is 10.4. The monoisotopic (exact) mass is 320 g/mol. The van der Waals surface area contributed by atoms with Gasteiger partial charge in [-0.15, -0.1) is 0 Å².